The van der Waals surface area contributed by atoms with Crippen LogP contribution in [0.1, 0.15) is 24.2 Å². The Labute approximate surface area is 99.7 Å². The van der Waals surface area contributed by atoms with Crippen LogP contribution in [0.4, 0.5) is 0 Å². The Hall–Kier alpha value is -1.75. The molecule has 0 saturated heterocycles. The first-order valence-electron chi connectivity index (χ1n) is 5.40. The molecule has 5 nitrogen and oxygen atoms in total. The second-order valence-electron chi connectivity index (χ2n) is 4.19. The molecule has 5 heteroatoms. The highest BCUT2D eigenvalue weighted by atomic mass is 16.3. The summed E-state index contributed by atoms with van der Waals surface area (Å²) in [6, 6.07) is 4.06. The molecule has 0 heterocycles. The molecule has 1 aromatic carbocycles. The number of aliphatic hydroxyl groups excluding tert-OH is 1. The van der Waals surface area contributed by atoms with Crippen LogP contribution in [-0.2, 0) is 0 Å². The summed E-state index contributed by atoms with van der Waals surface area (Å²) in [7, 11) is 0. The first-order chi connectivity index (χ1) is 7.93. The molecule has 17 heavy (non-hydrogen) atoms. The molecule has 0 aliphatic carbocycles. The Morgan fingerprint density at radius 1 is 1.29 bits per heavy atom. The monoisotopic (exact) mass is 239 g/mol. The first-order valence-corrected chi connectivity index (χ1v) is 5.40. The predicted octanol–water partition coefficient (Wildman–Crippen LogP) is 0.845. The zero-order chi connectivity index (χ0) is 13.0. The van der Waals surface area contributed by atoms with Gasteiger partial charge in [0.05, 0.1) is 6.10 Å². The number of benzene rings is 1. The molecule has 0 aliphatic rings. The van der Waals surface area contributed by atoms with E-state index < -0.39 is 12.0 Å². The van der Waals surface area contributed by atoms with E-state index in [2.05, 4.69) is 5.32 Å². The lowest BCUT2D eigenvalue weighted by atomic mass is 10.1. The van der Waals surface area contributed by atoms with E-state index in [9.17, 15) is 20.1 Å². The molecule has 1 aromatic rings. The van der Waals surface area contributed by atoms with Gasteiger partial charge in [0.15, 0.2) is 0 Å². The molecule has 4 N–H and O–H groups in total. The van der Waals surface area contributed by atoms with Gasteiger partial charge in [0, 0.05) is 6.54 Å². The van der Waals surface area contributed by atoms with Crippen molar-refractivity contribution in [2.24, 2.45) is 5.92 Å². The third-order valence-electron chi connectivity index (χ3n) is 2.49. The van der Waals surface area contributed by atoms with E-state index in [0.29, 0.717) is 0 Å². The molecule has 0 saturated carbocycles. The molecule has 1 unspecified atom stereocenters. The standard InChI is InChI=1S/C12H17NO4/c1-7(2)10(16)6-13-12(17)11-8(14)4-3-5-9(11)15/h3-5,7,10,14-16H,6H2,1-2H3,(H,13,17). The summed E-state index contributed by atoms with van der Waals surface area (Å²) in [6.45, 7) is 3.73. The van der Waals surface area contributed by atoms with Crippen molar-refractivity contribution in [3.63, 3.8) is 0 Å². The van der Waals surface area contributed by atoms with Gasteiger partial charge in [-0.3, -0.25) is 4.79 Å². The number of aliphatic hydroxyl groups is 1. The lowest BCUT2D eigenvalue weighted by Gasteiger charge is -2.15. The van der Waals surface area contributed by atoms with Crippen LogP contribution in [0.3, 0.4) is 0 Å². The van der Waals surface area contributed by atoms with Crippen LogP contribution >= 0.6 is 0 Å². The Bertz CT molecular complexity index is 383. The molecule has 1 amide bonds. The second-order valence-corrected chi connectivity index (χ2v) is 4.19. The van der Waals surface area contributed by atoms with Crippen LogP contribution in [0.15, 0.2) is 18.2 Å². The van der Waals surface area contributed by atoms with Crippen molar-refractivity contribution >= 4 is 5.91 Å². The highest BCUT2D eigenvalue weighted by Crippen LogP contribution is 2.25. The van der Waals surface area contributed by atoms with Crippen LogP contribution in [0.5, 0.6) is 11.5 Å². The van der Waals surface area contributed by atoms with Crippen LogP contribution in [-0.4, -0.2) is 33.9 Å². The fourth-order valence-corrected chi connectivity index (χ4v) is 1.28. The number of carbonyl (C=O) groups excluding carboxylic acids is 1. The highest BCUT2D eigenvalue weighted by Gasteiger charge is 2.17. The van der Waals surface area contributed by atoms with Crippen molar-refractivity contribution < 1.29 is 20.1 Å². The van der Waals surface area contributed by atoms with E-state index in [1.807, 2.05) is 13.8 Å². The van der Waals surface area contributed by atoms with Crippen molar-refractivity contribution in [3.8, 4) is 11.5 Å². The van der Waals surface area contributed by atoms with Gasteiger partial charge < -0.3 is 20.6 Å². The summed E-state index contributed by atoms with van der Waals surface area (Å²) in [6.07, 6.45) is -0.660. The topological polar surface area (TPSA) is 89.8 Å². The summed E-state index contributed by atoms with van der Waals surface area (Å²) in [5.41, 5.74) is -0.177. The highest BCUT2D eigenvalue weighted by molar-refractivity contribution is 5.99. The molecular formula is C12H17NO4. The lowest BCUT2D eigenvalue weighted by Crippen LogP contribution is -2.34. The molecular weight excluding hydrogens is 222 g/mol. The molecule has 1 rings (SSSR count). The van der Waals surface area contributed by atoms with Crippen LogP contribution in [0.2, 0.25) is 0 Å². The van der Waals surface area contributed by atoms with E-state index in [1.165, 1.54) is 18.2 Å². The van der Waals surface area contributed by atoms with E-state index >= 15 is 0 Å². The van der Waals surface area contributed by atoms with E-state index in [-0.39, 0.29) is 29.5 Å². The van der Waals surface area contributed by atoms with Gasteiger partial charge in [0.2, 0.25) is 0 Å². The molecule has 0 bridgehead atoms. The van der Waals surface area contributed by atoms with E-state index in [0.717, 1.165) is 0 Å². The molecule has 1 atom stereocenters. The van der Waals surface area contributed by atoms with E-state index in [1.54, 1.807) is 0 Å². The maximum absolute atomic E-state index is 11.7. The Balaban J connectivity index is 2.71. The fourth-order valence-electron chi connectivity index (χ4n) is 1.28. The quantitative estimate of drug-likeness (QED) is 0.627. The van der Waals surface area contributed by atoms with Gasteiger partial charge in [-0.15, -0.1) is 0 Å². The largest absolute Gasteiger partial charge is 0.507 e. The van der Waals surface area contributed by atoms with Crippen molar-refractivity contribution in [2.45, 2.75) is 20.0 Å². The smallest absolute Gasteiger partial charge is 0.258 e. The van der Waals surface area contributed by atoms with Crippen LogP contribution in [0, 0.1) is 5.92 Å². The van der Waals surface area contributed by atoms with Gasteiger partial charge in [-0.05, 0) is 18.1 Å². The number of phenols is 2. The predicted molar refractivity (Wildman–Crippen MR) is 62.9 cm³/mol. The van der Waals surface area contributed by atoms with Crippen molar-refractivity contribution in [1.82, 2.24) is 5.32 Å². The normalized spacial score (nSPS) is 12.5. The minimum atomic E-state index is -0.660. The summed E-state index contributed by atoms with van der Waals surface area (Å²) in [5.74, 6) is -1.17. The van der Waals surface area contributed by atoms with Gasteiger partial charge >= 0.3 is 0 Å². The zero-order valence-electron chi connectivity index (χ0n) is 9.84. The Kier molecular flexibility index (Phi) is 4.34. The molecule has 0 radical (unpaired) electrons. The van der Waals surface area contributed by atoms with Gasteiger partial charge in [0.25, 0.3) is 5.91 Å². The Morgan fingerprint density at radius 2 is 1.82 bits per heavy atom. The van der Waals surface area contributed by atoms with Crippen LogP contribution < -0.4 is 5.32 Å². The average molecular weight is 239 g/mol. The number of rotatable bonds is 4. The number of nitrogens with one attached hydrogen (secondary N) is 1. The molecule has 0 spiro atoms. The minimum Gasteiger partial charge on any atom is -0.507 e. The summed E-state index contributed by atoms with van der Waals surface area (Å²) >= 11 is 0. The van der Waals surface area contributed by atoms with Gasteiger partial charge in [-0.1, -0.05) is 19.9 Å². The lowest BCUT2D eigenvalue weighted by molar-refractivity contribution is 0.0866. The summed E-state index contributed by atoms with van der Waals surface area (Å²) < 4.78 is 0. The number of amides is 1. The number of aromatic hydroxyl groups is 2. The summed E-state index contributed by atoms with van der Waals surface area (Å²) in [4.78, 5) is 11.7. The minimum absolute atomic E-state index is 0.0215. The van der Waals surface area contributed by atoms with Gasteiger partial charge in [-0.25, -0.2) is 0 Å². The molecule has 0 aromatic heterocycles. The number of carbonyl (C=O) groups is 1. The second kappa shape index (κ2) is 5.54. The number of phenolic OH excluding ortho intramolecular Hbond substituents is 2. The van der Waals surface area contributed by atoms with Crippen molar-refractivity contribution in [1.29, 1.82) is 0 Å². The average Bonchev–Trinajstić information content (AvgIpc) is 2.25. The van der Waals surface area contributed by atoms with Gasteiger partial charge in [-0.2, -0.15) is 0 Å². The number of hydrogen-bond donors (Lipinski definition) is 4. The van der Waals surface area contributed by atoms with Crippen molar-refractivity contribution in [3.05, 3.63) is 23.8 Å². The zero-order valence-corrected chi connectivity index (χ0v) is 9.84. The fraction of sp³-hybridized carbons (Fsp3) is 0.417. The third-order valence-corrected chi connectivity index (χ3v) is 2.49. The molecule has 0 fully saturated rings. The Morgan fingerprint density at radius 3 is 2.29 bits per heavy atom. The SMILES string of the molecule is CC(C)C(O)CNC(=O)c1c(O)cccc1O. The van der Waals surface area contributed by atoms with Crippen LogP contribution in [0.25, 0.3) is 0 Å². The maximum Gasteiger partial charge on any atom is 0.258 e. The first kappa shape index (κ1) is 13.3. The number of hydrogen-bond acceptors (Lipinski definition) is 4. The molecule has 0 aliphatic heterocycles. The van der Waals surface area contributed by atoms with Crippen molar-refractivity contribution in [2.75, 3.05) is 6.54 Å². The summed E-state index contributed by atoms with van der Waals surface area (Å²) in [5, 5.41) is 30.9. The third kappa shape index (κ3) is 3.35. The van der Waals surface area contributed by atoms with Gasteiger partial charge in [0.1, 0.15) is 17.1 Å². The maximum atomic E-state index is 11.7. The molecule has 94 valence electrons. The van der Waals surface area contributed by atoms with E-state index in [4.69, 9.17) is 0 Å².